The van der Waals surface area contributed by atoms with Crippen molar-refractivity contribution in [3.8, 4) is 0 Å². The molecule has 0 fully saturated rings. The first-order valence-corrected chi connectivity index (χ1v) is 5.52. The predicted octanol–water partition coefficient (Wildman–Crippen LogP) is 1.69. The molecule has 16 heavy (non-hydrogen) atoms. The molecular weight excluding hydrogens is 206 g/mol. The number of carbonyl (C=O) groups is 1. The van der Waals surface area contributed by atoms with E-state index in [0.717, 1.165) is 12.0 Å². The average molecular weight is 225 g/mol. The molecule has 1 unspecified atom stereocenters. The molecule has 0 radical (unpaired) electrons. The molecule has 0 aromatic carbocycles. The van der Waals surface area contributed by atoms with E-state index in [0.29, 0.717) is 18.1 Å². The van der Waals surface area contributed by atoms with Crippen LogP contribution in [0.5, 0.6) is 0 Å². The number of nitrogens with zero attached hydrogens (tertiary/aromatic N) is 2. The molecule has 90 valence electrons. The topological polar surface area (TPSA) is 70.1 Å². The van der Waals surface area contributed by atoms with Gasteiger partial charge in [0.05, 0.1) is 6.61 Å². The fraction of sp³-hybridized carbons (Fsp3) is 0.636. The number of nitrogen functional groups attached to an aromatic ring is 1. The highest BCUT2D eigenvalue weighted by Gasteiger charge is 2.24. The van der Waals surface area contributed by atoms with Crippen molar-refractivity contribution in [2.24, 2.45) is 7.05 Å². The Morgan fingerprint density at radius 3 is 2.69 bits per heavy atom. The van der Waals surface area contributed by atoms with E-state index in [1.165, 1.54) is 4.68 Å². The number of aryl methyl sites for hydroxylation is 1. The van der Waals surface area contributed by atoms with E-state index in [1.807, 2.05) is 13.8 Å². The fourth-order valence-corrected chi connectivity index (χ4v) is 1.59. The number of rotatable bonds is 4. The van der Waals surface area contributed by atoms with Crippen molar-refractivity contribution in [3.63, 3.8) is 0 Å². The Morgan fingerprint density at radius 2 is 2.19 bits per heavy atom. The summed E-state index contributed by atoms with van der Waals surface area (Å²) in [7, 11) is 1.73. The zero-order chi connectivity index (χ0) is 12.3. The summed E-state index contributed by atoms with van der Waals surface area (Å²) in [5.74, 6) is 0.343. The van der Waals surface area contributed by atoms with Crippen molar-refractivity contribution >= 4 is 11.8 Å². The van der Waals surface area contributed by atoms with Crippen LogP contribution in [0.1, 0.15) is 49.2 Å². The lowest BCUT2D eigenvalue weighted by molar-refractivity contribution is 0.0517. The molecule has 0 saturated carbocycles. The Morgan fingerprint density at radius 1 is 1.56 bits per heavy atom. The van der Waals surface area contributed by atoms with Crippen molar-refractivity contribution in [2.45, 2.75) is 33.1 Å². The summed E-state index contributed by atoms with van der Waals surface area (Å²) >= 11 is 0. The third-order valence-corrected chi connectivity index (χ3v) is 2.70. The van der Waals surface area contributed by atoms with Crippen LogP contribution >= 0.6 is 0 Å². The number of anilines is 1. The van der Waals surface area contributed by atoms with Crippen LogP contribution in [-0.2, 0) is 11.8 Å². The van der Waals surface area contributed by atoms with E-state index >= 15 is 0 Å². The van der Waals surface area contributed by atoms with Crippen LogP contribution in [0.3, 0.4) is 0 Å². The summed E-state index contributed by atoms with van der Waals surface area (Å²) in [6.07, 6.45) is 0.905. The minimum absolute atomic E-state index is 0.202. The molecule has 1 heterocycles. The maximum Gasteiger partial charge on any atom is 0.359 e. The Hall–Kier alpha value is -1.52. The Kier molecular flexibility index (Phi) is 3.93. The third-order valence-electron chi connectivity index (χ3n) is 2.70. The van der Waals surface area contributed by atoms with Gasteiger partial charge in [-0.15, -0.1) is 0 Å². The van der Waals surface area contributed by atoms with Crippen molar-refractivity contribution in [1.29, 1.82) is 0 Å². The molecule has 1 aromatic rings. The van der Waals surface area contributed by atoms with Crippen LogP contribution < -0.4 is 5.73 Å². The number of carbonyl (C=O) groups excluding carboxylic acids is 1. The molecule has 5 heteroatoms. The summed E-state index contributed by atoms with van der Waals surface area (Å²) in [6, 6.07) is 0. The molecule has 1 rings (SSSR count). The Bertz CT molecular complexity index is 385. The molecule has 0 spiro atoms. The van der Waals surface area contributed by atoms with E-state index < -0.39 is 5.97 Å². The summed E-state index contributed by atoms with van der Waals surface area (Å²) in [6.45, 7) is 6.19. The Balaban J connectivity index is 3.17. The van der Waals surface area contributed by atoms with Crippen LogP contribution in [0, 0.1) is 0 Å². The Labute approximate surface area is 95.6 Å². The van der Waals surface area contributed by atoms with E-state index in [9.17, 15) is 4.79 Å². The van der Waals surface area contributed by atoms with Gasteiger partial charge in [0.15, 0.2) is 5.69 Å². The van der Waals surface area contributed by atoms with Gasteiger partial charge in [-0.25, -0.2) is 4.79 Å². The van der Waals surface area contributed by atoms with E-state index in [1.54, 1.807) is 14.0 Å². The summed E-state index contributed by atoms with van der Waals surface area (Å²) in [4.78, 5) is 11.7. The van der Waals surface area contributed by atoms with Crippen molar-refractivity contribution in [3.05, 3.63) is 11.3 Å². The minimum atomic E-state index is -0.398. The SMILES string of the molecule is CCOC(=O)c1nn(C)c(N)c1C(C)CC. The van der Waals surface area contributed by atoms with Gasteiger partial charge >= 0.3 is 5.97 Å². The van der Waals surface area contributed by atoms with Crippen molar-refractivity contribution < 1.29 is 9.53 Å². The third kappa shape index (κ3) is 2.18. The molecule has 0 aliphatic rings. The first-order chi connectivity index (χ1) is 7.52. The molecule has 1 aromatic heterocycles. The lowest BCUT2D eigenvalue weighted by Gasteiger charge is -2.09. The maximum atomic E-state index is 11.7. The molecule has 0 amide bonds. The number of nitrogens with two attached hydrogens (primary N) is 1. The largest absolute Gasteiger partial charge is 0.461 e. The number of hydrogen-bond acceptors (Lipinski definition) is 4. The van der Waals surface area contributed by atoms with E-state index in [4.69, 9.17) is 10.5 Å². The van der Waals surface area contributed by atoms with Gasteiger partial charge in [0.25, 0.3) is 0 Å². The van der Waals surface area contributed by atoms with Gasteiger partial charge in [0.2, 0.25) is 0 Å². The fourth-order valence-electron chi connectivity index (χ4n) is 1.59. The maximum absolute atomic E-state index is 11.7. The van der Waals surface area contributed by atoms with E-state index in [2.05, 4.69) is 5.10 Å². The van der Waals surface area contributed by atoms with Gasteiger partial charge < -0.3 is 10.5 Å². The standard InChI is InChI=1S/C11H19N3O2/c1-5-7(3)8-9(11(15)16-6-2)13-14(4)10(8)12/h7H,5-6,12H2,1-4H3. The molecule has 0 aliphatic heterocycles. The van der Waals surface area contributed by atoms with Crippen molar-refractivity contribution in [2.75, 3.05) is 12.3 Å². The zero-order valence-electron chi connectivity index (χ0n) is 10.3. The van der Waals surface area contributed by atoms with Crippen LogP contribution in [0.25, 0.3) is 0 Å². The van der Waals surface area contributed by atoms with Gasteiger partial charge in [-0.3, -0.25) is 4.68 Å². The normalized spacial score (nSPS) is 12.5. The van der Waals surface area contributed by atoms with Crippen molar-refractivity contribution in [1.82, 2.24) is 9.78 Å². The van der Waals surface area contributed by atoms with Gasteiger partial charge in [0.1, 0.15) is 5.82 Å². The highest BCUT2D eigenvalue weighted by Crippen LogP contribution is 2.28. The van der Waals surface area contributed by atoms with E-state index in [-0.39, 0.29) is 5.92 Å². The first kappa shape index (κ1) is 12.5. The minimum Gasteiger partial charge on any atom is -0.461 e. The van der Waals surface area contributed by atoms with Gasteiger partial charge in [-0.05, 0) is 19.3 Å². The smallest absolute Gasteiger partial charge is 0.359 e. The molecule has 0 aliphatic carbocycles. The molecule has 1 atom stereocenters. The summed E-state index contributed by atoms with van der Waals surface area (Å²) in [5, 5.41) is 4.11. The quantitative estimate of drug-likeness (QED) is 0.792. The second-order valence-electron chi connectivity index (χ2n) is 3.80. The van der Waals surface area contributed by atoms with Gasteiger partial charge in [0, 0.05) is 12.6 Å². The van der Waals surface area contributed by atoms with Crippen LogP contribution in [0.15, 0.2) is 0 Å². The number of esters is 1. The molecule has 0 bridgehead atoms. The zero-order valence-corrected chi connectivity index (χ0v) is 10.3. The second-order valence-corrected chi connectivity index (χ2v) is 3.80. The second kappa shape index (κ2) is 5.01. The highest BCUT2D eigenvalue weighted by atomic mass is 16.5. The monoisotopic (exact) mass is 225 g/mol. The summed E-state index contributed by atoms with van der Waals surface area (Å²) in [5.41, 5.74) is 7.05. The molecular formula is C11H19N3O2. The van der Waals surface area contributed by atoms with Crippen LogP contribution in [0.4, 0.5) is 5.82 Å². The lowest BCUT2D eigenvalue weighted by atomic mass is 9.98. The van der Waals surface area contributed by atoms with Gasteiger partial charge in [-0.1, -0.05) is 13.8 Å². The molecule has 2 N–H and O–H groups in total. The summed E-state index contributed by atoms with van der Waals surface area (Å²) < 4.78 is 6.48. The van der Waals surface area contributed by atoms with Gasteiger partial charge in [-0.2, -0.15) is 5.10 Å². The van der Waals surface area contributed by atoms with Crippen LogP contribution in [-0.4, -0.2) is 22.4 Å². The lowest BCUT2D eigenvalue weighted by Crippen LogP contribution is -2.10. The number of hydrogen-bond donors (Lipinski definition) is 1. The molecule has 0 saturated heterocycles. The average Bonchev–Trinajstić information content (AvgIpc) is 2.55. The van der Waals surface area contributed by atoms with Crippen LogP contribution in [0.2, 0.25) is 0 Å². The number of ether oxygens (including phenoxy) is 1. The first-order valence-electron chi connectivity index (χ1n) is 5.52. The molecule has 5 nitrogen and oxygen atoms in total. The number of aromatic nitrogens is 2. The predicted molar refractivity (Wildman–Crippen MR) is 62.3 cm³/mol. The highest BCUT2D eigenvalue weighted by molar-refractivity contribution is 5.90.